The molecule has 108 valence electrons. The number of benzene rings is 2. The number of nitrogens with zero attached hydrogens (tertiary/aromatic N) is 1. The number of hydrogen-bond donors (Lipinski definition) is 1. The van der Waals surface area contributed by atoms with Gasteiger partial charge in [-0.3, -0.25) is 0 Å². The van der Waals surface area contributed by atoms with Gasteiger partial charge in [-0.05, 0) is 49.6 Å². The van der Waals surface area contributed by atoms with Crippen molar-refractivity contribution in [3.63, 3.8) is 0 Å². The molecule has 0 atom stereocenters. The first-order valence-electron chi connectivity index (χ1n) is 6.96. The number of carboxylic acids is 1. The lowest BCUT2D eigenvalue weighted by molar-refractivity contribution is 0.0697. The zero-order chi connectivity index (χ0) is 15.0. The van der Waals surface area contributed by atoms with Crippen molar-refractivity contribution in [1.29, 1.82) is 0 Å². The second-order valence-electron chi connectivity index (χ2n) is 5.35. The van der Waals surface area contributed by atoms with Crippen molar-refractivity contribution in [3.05, 3.63) is 58.1 Å². The molecule has 3 rings (SSSR count). The molecule has 0 radical (unpaired) electrons. The quantitative estimate of drug-likeness (QED) is 0.892. The number of anilines is 2. The molecule has 4 heteroatoms. The van der Waals surface area contributed by atoms with E-state index in [-0.39, 0.29) is 5.56 Å². The molecule has 0 spiro atoms. The van der Waals surface area contributed by atoms with Gasteiger partial charge in [-0.2, -0.15) is 0 Å². The zero-order valence-corrected chi connectivity index (χ0v) is 12.5. The van der Waals surface area contributed by atoms with Crippen LogP contribution in [0.15, 0.2) is 36.4 Å². The van der Waals surface area contributed by atoms with Gasteiger partial charge >= 0.3 is 5.97 Å². The van der Waals surface area contributed by atoms with Gasteiger partial charge in [0.25, 0.3) is 0 Å². The molecule has 0 unspecified atom stereocenters. The molecule has 2 aromatic rings. The third-order valence-corrected chi connectivity index (χ3v) is 4.07. The van der Waals surface area contributed by atoms with Gasteiger partial charge in [-0.15, -0.1) is 0 Å². The maximum atomic E-state index is 11.5. The van der Waals surface area contributed by atoms with Crippen molar-refractivity contribution < 1.29 is 9.90 Å². The van der Waals surface area contributed by atoms with Gasteiger partial charge in [0, 0.05) is 17.3 Å². The van der Waals surface area contributed by atoms with Crippen LogP contribution in [0.5, 0.6) is 0 Å². The van der Waals surface area contributed by atoms with E-state index in [1.165, 1.54) is 17.2 Å². The van der Waals surface area contributed by atoms with Crippen molar-refractivity contribution in [2.45, 2.75) is 19.8 Å². The van der Waals surface area contributed by atoms with Crippen LogP contribution in [-0.4, -0.2) is 17.6 Å². The molecule has 0 aliphatic carbocycles. The summed E-state index contributed by atoms with van der Waals surface area (Å²) in [6.07, 6.45) is 2.04. The Morgan fingerprint density at radius 1 is 1.19 bits per heavy atom. The Morgan fingerprint density at radius 2 is 1.95 bits per heavy atom. The summed E-state index contributed by atoms with van der Waals surface area (Å²) in [6.45, 7) is 2.89. The highest BCUT2D eigenvalue weighted by molar-refractivity contribution is 6.31. The van der Waals surface area contributed by atoms with E-state index in [0.29, 0.717) is 10.7 Å². The minimum atomic E-state index is -0.952. The van der Waals surface area contributed by atoms with Crippen molar-refractivity contribution in [2.24, 2.45) is 0 Å². The maximum Gasteiger partial charge on any atom is 0.337 e. The van der Waals surface area contributed by atoms with E-state index in [0.717, 1.165) is 25.1 Å². The van der Waals surface area contributed by atoms with Crippen LogP contribution in [-0.2, 0) is 6.42 Å². The van der Waals surface area contributed by atoms with Crippen LogP contribution in [0.25, 0.3) is 0 Å². The van der Waals surface area contributed by atoms with Gasteiger partial charge in [0.1, 0.15) is 0 Å². The second kappa shape index (κ2) is 5.41. The van der Waals surface area contributed by atoms with E-state index in [9.17, 15) is 9.90 Å². The number of rotatable bonds is 2. The highest BCUT2D eigenvalue weighted by Gasteiger charge is 2.22. The Kier molecular flexibility index (Phi) is 3.60. The summed E-state index contributed by atoms with van der Waals surface area (Å²) in [7, 11) is 0. The van der Waals surface area contributed by atoms with Crippen molar-refractivity contribution in [2.75, 3.05) is 11.4 Å². The van der Waals surface area contributed by atoms with E-state index in [4.69, 9.17) is 11.6 Å². The highest BCUT2D eigenvalue weighted by atomic mass is 35.5. The number of aromatic carboxylic acids is 1. The molecule has 0 saturated heterocycles. The monoisotopic (exact) mass is 301 g/mol. The zero-order valence-electron chi connectivity index (χ0n) is 11.8. The molecular formula is C17H16ClNO2. The van der Waals surface area contributed by atoms with E-state index in [1.807, 2.05) is 0 Å². The summed E-state index contributed by atoms with van der Waals surface area (Å²) >= 11 is 5.94. The molecule has 1 aliphatic rings. The normalized spacial score (nSPS) is 13.9. The van der Waals surface area contributed by atoms with Crippen LogP contribution >= 0.6 is 11.6 Å². The van der Waals surface area contributed by atoms with Crippen LogP contribution in [0, 0.1) is 6.92 Å². The molecule has 3 nitrogen and oxygen atoms in total. The number of carboxylic acid groups (broad SMARTS) is 1. The lowest BCUT2D eigenvalue weighted by Gasteiger charge is -2.32. The van der Waals surface area contributed by atoms with Crippen LogP contribution in [0.3, 0.4) is 0 Å². The Labute approximate surface area is 128 Å². The molecule has 1 N–H and O–H groups in total. The Morgan fingerprint density at radius 3 is 2.71 bits per heavy atom. The lowest BCUT2D eigenvalue weighted by atomic mass is 9.98. The van der Waals surface area contributed by atoms with E-state index < -0.39 is 5.97 Å². The fourth-order valence-corrected chi connectivity index (χ4v) is 3.06. The summed E-state index contributed by atoms with van der Waals surface area (Å²) in [6, 6.07) is 11.4. The summed E-state index contributed by atoms with van der Waals surface area (Å²) in [5.74, 6) is -0.952. The topological polar surface area (TPSA) is 40.5 Å². The third kappa shape index (κ3) is 2.61. The summed E-state index contributed by atoms with van der Waals surface area (Å²) in [5, 5.41) is 9.87. The third-order valence-electron chi connectivity index (χ3n) is 3.83. The average Bonchev–Trinajstić information content (AvgIpc) is 2.46. The predicted octanol–water partition coefficient (Wildman–Crippen LogP) is 4.43. The SMILES string of the molecule is Cc1ccc2c(c1)CCCN2c1ccc(Cl)cc1C(=O)O. The minimum Gasteiger partial charge on any atom is -0.478 e. The molecule has 0 fully saturated rings. The average molecular weight is 302 g/mol. The smallest absolute Gasteiger partial charge is 0.337 e. The first kappa shape index (κ1) is 14.0. The van der Waals surface area contributed by atoms with Crippen molar-refractivity contribution >= 4 is 28.9 Å². The summed E-state index contributed by atoms with van der Waals surface area (Å²) in [4.78, 5) is 13.6. The van der Waals surface area contributed by atoms with Gasteiger partial charge in [-0.25, -0.2) is 4.79 Å². The largest absolute Gasteiger partial charge is 0.478 e. The first-order valence-corrected chi connectivity index (χ1v) is 7.34. The van der Waals surface area contributed by atoms with Crippen LogP contribution < -0.4 is 4.90 Å². The lowest BCUT2D eigenvalue weighted by Crippen LogP contribution is -2.26. The fraction of sp³-hybridized carbons (Fsp3) is 0.235. The van der Waals surface area contributed by atoms with Gasteiger partial charge < -0.3 is 10.0 Å². The van der Waals surface area contributed by atoms with Gasteiger partial charge in [0.05, 0.1) is 11.3 Å². The number of halogens is 1. The van der Waals surface area contributed by atoms with Crippen molar-refractivity contribution in [3.8, 4) is 0 Å². The first-order chi connectivity index (χ1) is 10.1. The maximum absolute atomic E-state index is 11.5. The molecule has 2 aromatic carbocycles. The molecule has 0 bridgehead atoms. The molecule has 0 amide bonds. The standard InChI is InChI=1S/C17H16ClNO2/c1-11-4-6-15-12(9-11)3-2-8-19(15)16-7-5-13(18)10-14(16)17(20)21/h4-7,9-10H,2-3,8H2,1H3,(H,20,21). The van der Waals surface area contributed by atoms with Crippen LogP contribution in [0.2, 0.25) is 5.02 Å². The van der Waals surface area contributed by atoms with E-state index >= 15 is 0 Å². The van der Waals surface area contributed by atoms with Gasteiger partial charge in [0.2, 0.25) is 0 Å². The summed E-state index contributed by atoms with van der Waals surface area (Å²) < 4.78 is 0. The van der Waals surface area contributed by atoms with Crippen LogP contribution in [0.4, 0.5) is 11.4 Å². The molecule has 0 aromatic heterocycles. The van der Waals surface area contributed by atoms with Crippen molar-refractivity contribution in [1.82, 2.24) is 0 Å². The minimum absolute atomic E-state index is 0.246. The number of hydrogen-bond acceptors (Lipinski definition) is 2. The highest BCUT2D eigenvalue weighted by Crippen LogP contribution is 2.36. The number of carbonyl (C=O) groups is 1. The number of fused-ring (bicyclic) bond motifs is 1. The molecular weight excluding hydrogens is 286 g/mol. The Bertz CT molecular complexity index is 712. The number of aryl methyl sites for hydroxylation is 2. The molecule has 1 aliphatic heterocycles. The predicted molar refractivity (Wildman–Crippen MR) is 84.9 cm³/mol. The fourth-order valence-electron chi connectivity index (χ4n) is 2.89. The van der Waals surface area contributed by atoms with Gasteiger partial charge in [0.15, 0.2) is 0 Å². The van der Waals surface area contributed by atoms with E-state index in [1.54, 1.807) is 12.1 Å². The van der Waals surface area contributed by atoms with Crippen LogP contribution in [0.1, 0.15) is 27.9 Å². The molecule has 21 heavy (non-hydrogen) atoms. The van der Waals surface area contributed by atoms with E-state index in [2.05, 4.69) is 30.0 Å². The molecule has 0 saturated carbocycles. The Balaban J connectivity index is 2.13. The molecule has 1 heterocycles. The summed E-state index contributed by atoms with van der Waals surface area (Å²) in [5.41, 5.74) is 4.54. The second-order valence-corrected chi connectivity index (χ2v) is 5.79. The Hall–Kier alpha value is -2.00. The van der Waals surface area contributed by atoms with Gasteiger partial charge in [-0.1, -0.05) is 29.3 Å².